The van der Waals surface area contributed by atoms with Crippen LogP contribution in [0.25, 0.3) is 0 Å². The number of nitrogens with one attached hydrogen (secondary N) is 2. The SMILES string of the molecule is CCOc1cc([C@@H](CS(C)(=O)=O)N2C(=O)c3cccc(NC(=O)CCCCCCCN4CCC(c5cc(F)cc6c5CN([C@H]5CCC(=O)NC5=O)C6=O)CC4)c3C2=O)ccc1OC. The molecule has 3 aromatic rings. The first-order valence-electron chi connectivity index (χ1n) is 21.7. The molecule has 4 aliphatic rings. The quantitative estimate of drug-likeness (QED) is 0.121. The van der Waals surface area contributed by atoms with E-state index in [0.717, 1.165) is 80.4 Å². The Kier molecular flexibility index (Phi) is 13.9. The van der Waals surface area contributed by atoms with Crippen LogP contribution in [0.3, 0.4) is 0 Å². The number of nitrogens with zero attached hydrogens (tertiary/aromatic N) is 3. The Morgan fingerprint density at radius 2 is 1.65 bits per heavy atom. The van der Waals surface area contributed by atoms with Crippen LogP contribution in [0.15, 0.2) is 48.5 Å². The lowest BCUT2D eigenvalue weighted by molar-refractivity contribution is -0.137. The fourth-order valence-corrected chi connectivity index (χ4v) is 10.2. The Morgan fingerprint density at radius 3 is 2.37 bits per heavy atom. The molecule has 15 nitrogen and oxygen atoms in total. The average Bonchev–Trinajstić information content (AvgIpc) is 3.70. The summed E-state index contributed by atoms with van der Waals surface area (Å²) in [6.45, 7) is 4.91. The number of methoxy groups -OCH3 is 1. The molecule has 3 aromatic carbocycles. The smallest absolute Gasteiger partial charge is 0.264 e. The summed E-state index contributed by atoms with van der Waals surface area (Å²) < 4.78 is 51.1. The average molecular weight is 888 g/mol. The number of halogens is 1. The zero-order valence-electron chi connectivity index (χ0n) is 35.9. The van der Waals surface area contributed by atoms with Gasteiger partial charge < -0.3 is 24.6 Å². The topological polar surface area (TPSA) is 189 Å². The maximum Gasteiger partial charge on any atom is 0.264 e. The van der Waals surface area contributed by atoms with Gasteiger partial charge in [-0.25, -0.2) is 12.8 Å². The number of unbranched alkanes of at least 4 members (excludes halogenated alkanes) is 4. The lowest BCUT2D eigenvalue weighted by Gasteiger charge is -2.33. The first-order chi connectivity index (χ1) is 30.2. The molecule has 0 aliphatic carbocycles. The second-order valence-corrected chi connectivity index (χ2v) is 18.9. The summed E-state index contributed by atoms with van der Waals surface area (Å²) in [5.74, 6) is -3.03. The zero-order valence-corrected chi connectivity index (χ0v) is 36.7. The molecule has 336 valence electrons. The van der Waals surface area contributed by atoms with E-state index in [-0.39, 0.29) is 66.3 Å². The first-order valence-corrected chi connectivity index (χ1v) is 23.7. The summed E-state index contributed by atoms with van der Waals surface area (Å²) in [7, 11) is -2.22. The number of amides is 6. The van der Waals surface area contributed by atoms with Crippen LogP contribution in [-0.4, -0.2) is 110 Å². The van der Waals surface area contributed by atoms with Crippen LogP contribution in [0.1, 0.15) is 131 Å². The molecule has 0 saturated carbocycles. The minimum atomic E-state index is -3.69. The molecule has 2 N–H and O–H groups in total. The summed E-state index contributed by atoms with van der Waals surface area (Å²) in [6, 6.07) is 10.3. The molecular weight excluding hydrogens is 834 g/mol. The van der Waals surface area contributed by atoms with Gasteiger partial charge in [0.1, 0.15) is 21.7 Å². The number of likely N-dealkylation sites (tertiary alicyclic amines) is 1. The van der Waals surface area contributed by atoms with Crippen molar-refractivity contribution in [1.82, 2.24) is 20.0 Å². The van der Waals surface area contributed by atoms with Gasteiger partial charge >= 0.3 is 0 Å². The van der Waals surface area contributed by atoms with E-state index in [4.69, 9.17) is 9.47 Å². The molecule has 0 unspecified atom stereocenters. The lowest BCUT2D eigenvalue weighted by Crippen LogP contribution is -2.52. The highest BCUT2D eigenvalue weighted by atomic mass is 32.2. The van der Waals surface area contributed by atoms with Gasteiger partial charge in [0.2, 0.25) is 17.7 Å². The minimum absolute atomic E-state index is 0.0169. The maximum atomic E-state index is 14.8. The van der Waals surface area contributed by atoms with Gasteiger partial charge in [0.05, 0.1) is 42.3 Å². The molecule has 2 atom stereocenters. The van der Waals surface area contributed by atoms with Crippen molar-refractivity contribution < 1.29 is 51.0 Å². The van der Waals surface area contributed by atoms with Crippen molar-refractivity contribution in [3.05, 3.63) is 87.7 Å². The summed E-state index contributed by atoms with van der Waals surface area (Å²) in [4.78, 5) is 83.2. The number of hydrogen-bond donors (Lipinski definition) is 2. The summed E-state index contributed by atoms with van der Waals surface area (Å²) >= 11 is 0. The van der Waals surface area contributed by atoms with Crippen LogP contribution >= 0.6 is 0 Å². The van der Waals surface area contributed by atoms with E-state index >= 15 is 0 Å². The summed E-state index contributed by atoms with van der Waals surface area (Å²) in [6.07, 6.45) is 7.64. The van der Waals surface area contributed by atoms with Gasteiger partial charge in [0, 0.05) is 31.2 Å². The van der Waals surface area contributed by atoms with Crippen LogP contribution in [0, 0.1) is 5.82 Å². The number of carbonyl (C=O) groups is 6. The number of anilines is 1. The Bertz CT molecular complexity index is 2420. The van der Waals surface area contributed by atoms with Crippen LogP contribution in [0.5, 0.6) is 11.5 Å². The zero-order chi connectivity index (χ0) is 45.0. The number of rotatable bonds is 18. The Morgan fingerprint density at radius 1 is 0.905 bits per heavy atom. The van der Waals surface area contributed by atoms with Gasteiger partial charge in [0.25, 0.3) is 17.7 Å². The number of ether oxygens (including phenoxy) is 2. The van der Waals surface area contributed by atoms with Crippen molar-refractivity contribution in [2.24, 2.45) is 0 Å². The van der Waals surface area contributed by atoms with Crippen molar-refractivity contribution in [3.63, 3.8) is 0 Å². The fourth-order valence-electron chi connectivity index (χ4n) is 9.32. The number of carbonyl (C=O) groups excluding carboxylic acids is 6. The largest absolute Gasteiger partial charge is 0.493 e. The van der Waals surface area contributed by atoms with E-state index in [9.17, 15) is 41.6 Å². The van der Waals surface area contributed by atoms with Crippen LogP contribution in [0.2, 0.25) is 0 Å². The van der Waals surface area contributed by atoms with E-state index in [0.29, 0.717) is 35.7 Å². The second-order valence-electron chi connectivity index (χ2n) is 16.8. The Labute approximate surface area is 366 Å². The monoisotopic (exact) mass is 887 g/mol. The molecular formula is C46H54FN5O10S. The summed E-state index contributed by atoms with van der Waals surface area (Å²) in [5, 5.41) is 5.13. The van der Waals surface area contributed by atoms with Gasteiger partial charge in [-0.2, -0.15) is 0 Å². The fraction of sp³-hybridized carbons (Fsp3) is 0.478. The van der Waals surface area contributed by atoms with Crippen molar-refractivity contribution in [2.45, 2.75) is 95.7 Å². The third-order valence-electron chi connectivity index (χ3n) is 12.4. The van der Waals surface area contributed by atoms with E-state index in [2.05, 4.69) is 15.5 Å². The van der Waals surface area contributed by atoms with E-state index < -0.39 is 51.2 Å². The molecule has 17 heteroatoms. The number of imide groups is 2. The number of hydrogen-bond acceptors (Lipinski definition) is 11. The van der Waals surface area contributed by atoms with Gasteiger partial charge in [-0.1, -0.05) is 31.4 Å². The Balaban J connectivity index is 0.861. The van der Waals surface area contributed by atoms with Gasteiger partial charge in [-0.3, -0.25) is 39.0 Å². The highest BCUT2D eigenvalue weighted by molar-refractivity contribution is 7.90. The van der Waals surface area contributed by atoms with Gasteiger partial charge in [-0.15, -0.1) is 0 Å². The molecule has 7 rings (SSSR count). The molecule has 0 bridgehead atoms. The maximum absolute atomic E-state index is 14.8. The first kappa shape index (κ1) is 45.3. The molecule has 0 radical (unpaired) electrons. The van der Waals surface area contributed by atoms with E-state index in [1.165, 1.54) is 30.2 Å². The standard InChI is InChI=1S/C46H54FN5O10S/c1-4-62-39-23-29(14-16-38(39)61-2)37(27-63(3,59)60)52-45(57)31-11-10-12-35(42(31)46(52)58)48-40(53)13-8-6-5-7-9-20-50-21-18-28(19-22-50)32-24-30(47)25-33-34(32)26-51(44(33)56)36-15-17-41(54)49-43(36)55/h10-12,14,16,23-25,28,36-37H,4-9,13,15,17-22,26-27H2,1-3H3,(H,48,53)(H,49,54,55)/t36-,37+/m0/s1. The number of piperidine rings is 2. The highest BCUT2D eigenvalue weighted by Gasteiger charge is 2.44. The van der Waals surface area contributed by atoms with E-state index in [1.54, 1.807) is 37.3 Å². The number of fused-ring (bicyclic) bond motifs is 2. The van der Waals surface area contributed by atoms with E-state index in [1.807, 2.05) is 0 Å². The number of benzene rings is 3. The van der Waals surface area contributed by atoms with Crippen molar-refractivity contribution in [2.75, 3.05) is 50.7 Å². The Hall–Kier alpha value is -5.68. The molecule has 2 fully saturated rings. The number of sulfone groups is 1. The van der Waals surface area contributed by atoms with Crippen LogP contribution in [-0.2, 0) is 30.8 Å². The predicted molar refractivity (Wildman–Crippen MR) is 231 cm³/mol. The molecule has 63 heavy (non-hydrogen) atoms. The van der Waals surface area contributed by atoms with Crippen LogP contribution in [0.4, 0.5) is 10.1 Å². The second kappa shape index (κ2) is 19.4. The molecule has 0 spiro atoms. The molecule has 4 heterocycles. The van der Waals surface area contributed by atoms with Crippen molar-refractivity contribution >= 4 is 51.0 Å². The predicted octanol–water partition coefficient (Wildman–Crippen LogP) is 5.53. The molecule has 6 amide bonds. The van der Waals surface area contributed by atoms with Gasteiger partial charge in [-0.05, 0) is 118 Å². The third-order valence-corrected chi connectivity index (χ3v) is 13.3. The van der Waals surface area contributed by atoms with Crippen molar-refractivity contribution in [1.29, 1.82) is 0 Å². The van der Waals surface area contributed by atoms with Crippen molar-refractivity contribution in [3.8, 4) is 11.5 Å². The minimum Gasteiger partial charge on any atom is -0.493 e. The lowest BCUT2D eigenvalue weighted by atomic mass is 9.85. The third kappa shape index (κ3) is 10.1. The normalized spacial score (nSPS) is 18.7. The molecule has 0 aromatic heterocycles. The summed E-state index contributed by atoms with van der Waals surface area (Å²) in [5.41, 5.74) is 2.57. The highest BCUT2D eigenvalue weighted by Crippen LogP contribution is 2.40. The molecule has 2 saturated heterocycles. The van der Waals surface area contributed by atoms with Gasteiger partial charge in [0.15, 0.2) is 11.5 Å². The molecule has 4 aliphatic heterocycles. The van der Waals surface area contributed by atoms with Crippen LogP contribution < -0.4 is 20.1 Å².